The Labute approximate surface area is 121 Å². The Kier molecular flexibility index (Phi) is 5.13. The van der Waals surface area contributed by atoms with Crippen LogP contribution < -0.4 is 10.6 Å². The second-order valence-corrected chi connectivity index (χ2v) is 4.94. The van der Waals surface area contributed by atoms with Gasteiger partial charge < -0.3 is 10.6 Å². The van der Waals surface area contributed by atoms with Crippen molar-refractivity contribution in [2.45, 2.75) is 32.9 Å². The standard InChI is InChI=1S/C17H23N3/c1-3-16(18)15-7-5-6-8-17(15)20(4-2)13-14-9-11-19-12-10-14/h5-12,16H,3-4,13,18H2,1-2H3/t16-/m1/s1. The van der Waals surface area contributed by atoms with Gasteiger partial charge in [0.1, 0.15) is 0 Å². The second kappa shape index (κ2) is 7.06. The molecule has 0 aliphatic rings. The zero-order valence-electron chi connectivity index (χ0n) is 12.3. The molecule has 0 bridgehead atoms. The van der Waals surface area contributed by atoms with E-state index >= 15 is 0 Å². The molecule has 1 atom stereocenters. The molecule has 0 aliphatic carbocycles. The lowest BCUT2D eigenvalue weighted by Crippen LogP contribution is -2.25. The number of anilines is 1. The first kappa shape index (κ1) is 14.5. The molecule has 0 spiro atoms. The van der Waals surface area contributed by atoms with Gasteiger partial charge in [-0.1, -0.05) is 25.1 Å². The number of aromatic nitrogens is 1. The highest BCUT2D eigenvalue weighted by atomic mass is 15.1. The SMILES string of the molecule is CC[C@@H](N)c1ccccc1N(CC)Cc1ccncc1. The molecule has 0 saturated carbocycles. The lowest BCUT2D eigenvalue weighted by Gasteiger charge is -2.27. The van der Waals surface area contributed by atoms with Gasteiger partial charge in [-0.15, -0.1) is 0 Å². The van der Waals surface area contributed by atoms with Crippen LogP contribution in [0, 0.1) is 0 Å². The van der Waals surface area contributed by atoms with Crippen LogP contribution in [0.5, 0.6) is 0 Å². The molecule has 3 nitrogen and oxygen atoms in total. The van der Waals surface area contributed by atoms with Gasteiger partial charge in [0, 0.05) is 37.2 Å². The van der Waals surface area contributed by atoms with Crippen molar-refractivity contribution in [1.29, 1.82) is 0 Å². The number of pyridine rings is 1. The van der Waals surface area contributed by atoms with Crippen LogP contribution >= 0.6 is 0 Å². The van der Waals surface area contributed by atoms with E-state index in [0.717, 1.165) is 19.5 Å². The fourth-order valence-electron chi connectivity index (χ4n) is 2.38. The van der Waals surface area contributed by atoms with Crippen LogP contribution in [0.15, 0.2) is 48.8 Å². The molecule has 1 heterocycles. The van der Waals surface area contributed by atoms with E-state index in [2.05, 4.69) is 60.1 Å². The van der Waals surface area contributed by atoms with Crippen molar-refractivity contribution < 1.29 is 0 Å². The third-order valence-electron chi connectivity index (χ3n) is 3.62. The normalized spacial score (nSPS) is 12.2. The Morgan fingerprint density at radius 1 is 1.10 bits per heavy atom. The van der Waals surface area contributed by atoms with E-state index in [1.807, 2.05) is 12.4 Å². The number of hydrogen-bond acceptors (Lipinski definition) is 3. The van der Waals surface area contributed by atoms with Crippen LogP contribution in [0.1, 0.15) is 37.4 Å². The number of benzene rings is 1. The zero-order chi connectivity index (χ0) is 14.4. The molecule has 1 aromatic carbocycles. The monoisotopic (exact) mass is 269 g/mol. The van der Waals surface area contributed by atoms with Gasteiger partial charge in [-0.05, 0) is 42.7 Å². The average Bonchev–Trinajstić information content (AvgIpc) is 2.53. The van der Waals surface area contributed by atoms with E-state index in [1.54, 1.807) is 0 Å². The van der Waals surface area contributed by atoms with Gasteiger partial charge in [0.2, 0.25) is 0 Å². The van der Waals surface area contributed by atoms with Gasteiger partial charge in [-0.25, -0.2) is 0 Å². The molecule has 2 rings (SSSR count). The maximum atomic E-state index is 6.24. The van der Waals surface area contributed by atoms with Crippen LogP contribution in [0.2, 0.25) is 0 Å². The minimum absolute atomic E-state index is 0.0951. The molecule has 0 radical (unpaired) electrons. The Bertz CT molecular complexity index is 525. The summed E-state index contributed by atoms with van der Waals surface area (Å²) in [7, 11) is 0. The number of nitrogens with two attached hydrogens (primary N) is 1. The van der Waals surface area contributed by atoms with Crippen molar-refractivity contribution in [3.63, 3.8) is 0 Å². The third-order valence-corrected chi connectivity index (χ3v) is 3.62. The summed E-state index contributed by atoms with van der Waals surface area (Å²) in [6, 6.07) is 12.7. The van der Waals surface area contributed by atoms with Crippen LogP contribution in [-0.2, 0) is 6.54 Å². The largest absolute Gasteiger partial charge is 0.367 e. The quantitative estimate of drug-likeness (QED) is 0.872. The Balaban J connectivity index is 2.28. The fraction of sp³-hybridized carbons (Fsp3) is 0.353. The summed E-state index contributed by atoms with van der Waals surface area (Å²) >= 11 is 0. The van der Waals surface area contributed by atoms with Crippen molar-refractivity contribution in [3.05, 3.63) is 59.9 Å². The molecule has 1 aromatic heterocycles. The first-order chi connectivity index (χ1) is 9.76. The lowest BCUT2D eigenvalue weighted by molar-refractivity contribution is 0.690. The molecule has 0 aliphatic heterocycles. The summed E-state index contributed by atoms with van der Waals surface area (Å²) in [6.45, 7) is 6.14. The number of rotatable bonds is 6. The van der Waals surface area contributed by atoms with Crippen molar-refractivity contribution in [1.82, 2.24) is 4.98 Å². The molecule has 0 fully saturated rings. The smallest absolute Gasteiger partial charge is 0.0430 e. The predicted octanol–water partition coefficient (Wildman–Crippen LogP) is 3.52. The number of nitrogens with zero attached hydrogens (tertiary/aromatic N) is 2. The Morgan fingerprint density at radius 2 is 1.80 bits per heavy atom. The molecule has 106 valence electrons. The van der Waals surface area contributed by atoms with Gasteiger partial charge in [-0.2, -0.15) is 0 Å². The summed E-state index contributed by atoms with van der Waals surface area (Å²) in [5, 5.41) is 0. The lowest BCUT2D eigenvalue weighted by atomic mass is 10.0. The third kappa shape index (κ3) is 3.36. The minimum atomic E-state index is 0.0951. The first-order valence-electron chi connectivity index (χ1n) is 7.24. The van der Waals surface area contributed by atoms with E-state index in [-0.39, 0.29) is 6.04 Å². The number of para-hydroxylation sites is 1. The Hall–Kier alpha value is -1.87. The van der Waals surface area contributed by atoms with E-state index < -0.39 is 0 Å². The van der Waals surface area contributed by atoms with Crippen molar-refractivity contribution in [3.8, 4) is 0 Å². The average molecular weight is 269 g/mol. The van der Waals surface area contributed by atoms with E-state index in [9.17, 15) is 0 Å². The topological polar surface area (TPSA) is 42.1 Å². The fourth-order valence-corrected chi connectivity index (χ4v) is 2.38. The molecular weight excluding hydrogens is 246 g/mol. The summed E-state index contributed by atoms with van der Waals surface area (Å²) < 4.78 is 0. The van der Waals surface area contributed by atoms with Gasteiger partial charge in [0.15, 0.2) is 0 Å². The summed E-state index contributed by atoms with van der Waals surface area (Å²) in [5.74, 6) is 0. The summed E-state index contributed by atoms with van der Waals surface area (Å²) in [4.78, 5) is 6.43. The van der Waals surface area contributed by atoms with E-state index in [0.29, 0.717) is 0 Å². The minimum Gasteiger partial charge on any atom is -0.367 e. The van der Waals surface area contributed by atoms with Crippen LogP contribution in [-0.4, -0.2) is 11.5 Å². The molecule has 20 heavy (non-hydrogen) atoms. The molecular formula is C17H23N3. The van der Waals surface area contributed by atoms with Gasteiger partial charge in [-0.3, -0.25) is 4.98 Å². The molecule has 2 aromatic rings. The summed E-state index contributed by atoms with van der Waals surface area (Å²) in [5.41, 5.74) is 9.97. The highest BCUT2D eigenvalue weighted by molar-refractivity contribution is 5.55. The van der Waals surface area contributed by atoms with Gasteiger partial charge >= 0.3 is 0 Å². The van der Waals surface area contributed by atoms with Crippen LogP contribution in [0.3, 0.4) is 0 Å². The van der Waals surface area contributed by atoms with Crippen LogP contribution in [0.25, 0.3) is 0 Å². The molecule has 3 heteroatoms. The maximum Gasteiger partial charge on any atom is 0.0430 e. The molecule has 2 N–H and O–H groups in total. The van der Waals surface area contributed by atoms with Crippen molar-refractivity contribution in [2.75, 3.05) is 11.4 Å². The van der Waals surface area contributed by atoms with E-state index in [1.165, 1.54) is 16.8 Å². The molecule has 0 amide bonds. The molecule has 0 unspecified atom stereocenters. The van der Waals surface area contributed by atoms with Gasteiger partial charge in [0.05, 0.1) is 0 Å². The van der Waals surface area contributed by atoms with E-state index in [4.69, 9.17) is 5.73 Å². The second-order valence-electron chi connectivity index (χ2n) is 4.94. The first-order valence-corrected chi connectivity index (χ1v) is 7.24. The highest BCUT2D eigenvalue weighted by Gasteiger charge is 2.13. The number of hydrogen-bond donors (Lipinski definition) is 1. The summed E-state index contributed by atoms with van der Waals surface area (Å²) in [6.07, 6.45) is 4.63. The molecule has 0 saturated heterocycles. The Morgan fingerprint density at radius 3 is 2.45 bits per heavy atom. The van der Waals surface area contributed by atoms with Crippen molar-refractivity contribution >= 4 is 5.69 Å². The van der Waals surface area contributed by atoms with Crippen molar-refractivity contribution in [2.24, 2.45) is 5.73 Å². The predicted molar refractivity (Wildman–Crippen MR) is 84.6 cm³/mol. The van der Waals surface area contributed by atoms with Gasteiger partial charge in [0.25, 0.3) is 0 Å². The van der Waals surface area contributed by atoms with Crippen LogP contribution in [0.4, 0.5) is 5.69 Å². The zero-order valence-corrected chi connectivity index (χ0v) is 12.3. The highest BCUT2D eigenvalue weighted by Crippen LogP contribution is 2.27. The maximum absolute atomic E-state index is 6.24.